The van der Waals surface area contributed by atoms with Crippen molar-refractivity contribution in [2.75, 3.05) is 0 Å². The molecule has 4 N–H and O–H groups in total. The van der Waals surface area contributed by atoms with Gasteiger partial charge in [0.15, 0.2) is 0 Å². The Morgan fingerprint density at radius 3 is 2.58 bits per heavy atom. The lowest BCUT2D eigenvalue weighted by Crippen LogP contribution is -2.60. The van der Waals surface area contributed by atoms with Crippen molar-refractivity contribution in [3.8, 4) is 0 Å². The van der Waals surface area contributed by atoms with Gasteiger partial charge in [-0.25, -0.2) is 0 Å². The quantitative estimate of drug-likeness (QED) is 0.743. The number of amides is 2. The largest absolute Gasteiger partial charge is 0.511 e. The predicted octanol–water partition coefficient (Wildman–Crippen LogP) is 1.39. The van der Waals surface area contributed by atoms with Gasteiger partial charge in [-0.3, -0.25) is 10.5 Å². The van der Waals surface area contributed by atoms with Crippen LogP contribution in [0.25, 0.3) is 0 Å². The van der Waals surface area contributed by atoms with Gasteiger partial charge in [-0.1, -0.05) is 33.3 Å². The zero-order valence-electron chi connectivity index (χ0n) is 12.1. The zero-order chi connectivity index (χ0) is 14.5. The first-order valence-electron chi connectivity index (χ1n) is 6.81. The van der Waals surface area contributed by atoms with E-state index < -0.39 is 17.6 Å². The van der Waals surface area contributed by atoms with E-state index in [1.165, 1.54) is 0 Å². The molecule has 108 valence electrons. The van der Waals surface area contributed by atoms with E-state index in [0.717, 1.165) is 25.7 Å². The highest BCUT2D eigenvalue weighted by atomic mass is 16.6. The third kappa shape index (κ3) is 5.42. The summed E-state index contributed by atoms with van der Waals surface area (Å²) in [7, 11) is 0. The Morgan fingerprint density at radius 1 is 1.32 bits per heavy atom. The molecule has 19 heavy (non-hydrogen) atoms. The lowest BCUT2D eigenvalue weighted by Gasteiger charge is -2.29. The number of rotatable bonds is 2. The average Bonchev–Trinajstić information content (AvgIpc) is 2.25. The number of carbonyl (C=O) groups is 2. The van der Waals surface area contributed by atoms with Crippen LogP contribution in [0, 0.1) is 5.41 Å². The van der Waals surface area contributed by atoms with Gasteiger partial charge in [-0.05, 0) is 25.3 Å². The van der Waals surface area contributed by atoms with E-state index in [4.69, 9.17) is 4.74 Å². The lowest BCUT2D eigenvalue weighted by atomic mass is 9.93. The van der Waals surface area contributed by atoms with Crippen LogP contribution >= 0.6 is 0 Å². The molecular formula is C14H25N2O3+. The highest BCUT2D eigenvalue weighted by Crippen LogP contribution is 2.18. The number of hydrogen-bond donors (Lipinski definition) is 2. The van der Waals surface area contributed by atoms with E-state index in [1.807, 2.05) is 32.9 Å². The van der Waals surface area contributed by atoms with Crippen molar-refractivity contribution in [2.24, 2.45) is 5.41 Å². The Labute approximate surface area is 114 Å². The van der Waals surface area contributed by atoms with Crippen molar-refractivity contribution in [1.29, 1.82) is 0 Å². The molecule has 0 radical (unpaired) electrons. The molecule has 0 spiro atoms. The molecular weight excluding hydrogens is 244 g/mol. The summed E-state index contributed by atoms with van der Waals surface area (Å²) in [6.07, 6.45) is 6.75. The van der Waals surface area contributed by atoms with Gasteiger partial charge in [0, 0.05) is 5.41 Å². The van der Waals surface area contributed by atoms with Gasteiger partial charge in [-0.15, -0.1) is 0 Å². The Kier molecular flexibility index (Phi) is 5.54. The molecule has 5 heteroatoms. The van der Waals surface area contributed by atoms with Crippen LogP contribution in [0.4, 0.5) is 4.79 Å². The molecule has 0 aromatic rings. The maximum absolute atomic E-state index is 12.1. The number of nitrogens with one attached hydrogen (secondary N) is 1. The molecule has 0 aromatic heterocycles. The van der Waals surface area contributed by atoms with Gasteiger partial charge >= 0.3 is 6.09 Å². The van der Waals surface area contributed by atoms with E-state index in [9.17, 15) is 9.59 Å². The topological polar surface area (TPSA) is 83.0 Å². The normalized spacial score (nSPS) is 25.9. The molecule has 1 rings (SSSR count). The minimum Gasteiger partial charge on any atom is -0.410 e. The van der Waals surface area contributed by atoms with Crippen molar-refractivity contribution < 1.29 is 20.1 Å². The second-order valence-electron chi connectivity index (χ2n) is 6.00. The summed E-state index contributed by atoms with van der Waals surface area (Å²) in [5.74, 6) is -0.0309. The lowest BCUT2D eigenvalue weighted by molar-refractivity contribution is -0.286. The van der Waals surface area contributed by atoms with Crippen molar-refractivity contribution in [3.63, 3.8) is 0 Å². The molecule has 5 nitrogen and oxygen atoms in total. The smallest absolute Gasteiger partial charge is 0.410 e. The monoisotopic (exact) mass is 269 g/mol. The molecule has 0 bridgehead atoms. The summed E-state index contributed by atoms with van der Waals surface area (Å²) in [6.45, 7) is 5.59. The van der Waals surface area contributed by atoms with E-state index in [0.29, 0.717) is 0 Å². The second kappa shape index (κ2) is 6.70. The first-order chi connectivity index (χ1) is 8.80. The third-order valence-corrected chi connectivity index (χ3v) is 3.12. The summed E-state index contributed by atoms with van der Waals surface area (Å²) in [4.78, 5) is 23.1. The van der Waals surface area contributed by atoms with Gasteiger partial charge in [0.25, 0.3) is 0 Å². The molecule has 0 heterocycles. The molecule has 0 saturated carbocycles. The van der Waals surface area contributed by atoms with Crippen LogP contribution in [-0.2, 0) is 9.53 Å². The summed E-state index contributed by atoms with van der Waals surface area (Å²) in [5.41, 5.74) is 2.79. The SMILES string of the molecule is CC(C)(C)C(=O)NC1CCCC/C=C/C1OC([NH3+])=O. The van der Waals surface area contributed by atoms with E-state index >= 15 is 0 Å². The zero-order valence-corrected chi connectivity index (χ0v) is 12.1. The maximum Gasteiger partial charge on any atom is 0.511 e. The van der Waals surface area contributed by atoms with Crippen molar-refractivity contribution >= 4 is 12.0 Å². The number of ether oxygens (including phenoxy) is 1. The molecule has 0 aliphatic heterocycles. The third-order valence-electron chi connectivity index (χ3n) is 3.12. The molecule has 1 aliphatic carbocycles. The fourth-order valence-corrected chi connectivity index (χ4v) is 1.97. The number of carbonyl (C=O) groups excluding carboxylic acids is 2. The second-order valence-corrected chi connectivity index (χ2v) is 6.00. The maximum atomic E-state index is 12.1. The number of hydrogen-bond acceptors (Lipinski definition) is 3. The summed E-state index contributed by atoms with van der Waals surface area (Å²) in [5, 5.41) is 2.99. The van der Waals surface area contributed by atoms with Gasteiger partial charge in [0.05, 0.1) is 6.04 Å². The van der Waals surface area contributed by atoms with Crippen LogP contribution in [-0.4, -0.2) is 24.1 Å². The van der Waals surface area contributed by atoms with Crippen LogP contribution in [0.15, 0.2) is 12.2 Å². The first kappa shape index (κ1) is 15.7. The number of allylic oxidation sites excluding steroid dienone is 1. The van der Waals surface area contributed by atoms with Crippen LogP contribution in [0.3, 0.4) is 0 Å². The molecule has 2 unspecified atom stereocenters. The summed E-state index contributed by atoms with van der Waals surface area (Å²) < 4.78 is 5.20. The fraction of sp³-hybridized carbons (Fsp3) is 0.714. The molecule has 0 saturated heterocycles. The van der Waals surface area contributed by atoms with E-state index in [1.54, 1.807) is 0 Å². The molecule has 0 aromatic carbocycles. The predicted molar refractivity (Wildman–Crippen MR) is 72.2 cm³/mol. The highest BCUT2D eigenvalue weighted by molar-refractivity contribution is 5.81. The minimum atomic E-state index is -0.565. The van der Waals surface area contributed by atoms with Gasteiger partial charge < -0.3 is 10.1 Å². The fourth-order valence-electron chi connectivity index (χ4n) is 1.97. The first-order valence-corrected chi connectivity index (χ1v) is 6.81. The van der Waals surface area contributed by atoms with E-state index in [-0.39, 0.29) is 11.9 Å². The molecule has 1 aliphatic rings. The molecule has 2 atom stereocenters. The Hall–Kier alpha value is -1.36. The van der Waals surface area contributed by atoms with Crippen molar-refractivity contribution in [1.82, 2.24) is 5.32 Å². The standard InChI is InChI=1S/C14H24N2O3/c1-14(2,3)12(17)16-10-8-6-4-5-7-9-11(10)19-13(15)18/h7,9-11H,4-6,8H2,1-3H3,(H2,15,18)(H,16,17)/p+1/b9-7+. The van der Waals surface area contributed by atoms with Crippen molar-refractivity contribution in [2.45, 2.75) is 58.6 Å². The average molecular weight is 269 g/mol. The van der Waals surface area contributed by atoms with Gasteiger partial charge in [0.1, 0.15) is 6.10 Å². The van der Waals surface area contributed by atoms with Gasteiger partial charge in [0.2, 0.25) is 5.91 Å². The molecule has 0 fully saturated rings. The van der Waals surface area contributed by atoms with E-state index in [2.05, 4.69) is 11.1 Å². The van der Waals surface area contributed by atoms with Crippen LogP contribution in [0.1, 0.15) is 46.5 Å². The van der Waals surface area contributed by atoms with Crippen LogP contribution in [0.5, 0.6) is 0 Å². The van der Waals surface area contributed by atoms with Gasteiger partial charge in [-0.2, -0.15) is 4.79 Å². The number of quaternary nitrogens is 1. The minimum absolute atomic E-state index is 0.0309. The Morgan fingerprint density at radius 2 is 2.00 bits per heavy atom. The Balaban J connectivity index is 2.78. The highest BCUT2D eigenvalue weighted by Gasteiger charge is 2.29. The summed E-state index contributed by atoms with van der Waals surface area (Å²) in [6, 6.07) is -0.172. The summed E-state index contributed by atoms with van der Waals surface area (Å²) >= 11 is 0. The Bertz CT molecular complexity index is 358. The van der Waals surface area contributed by atoms with Crippen LogP contribution in [0.2, 0.25) is 0 Å². The molecule has 2 amide bonds. The van der Waals surface area contributed by atoms with Crippen LogP contribution < -0.4 is 11.1 Å². The van der Waals surface area contributed by atoms with Crippen molar-refractivity contribution in [3.05, 3.63) is 12.2 Å².